The van der Waals surface area contributed by atoms with Gasteiger partial charge in [-0.3, -0.25) is 9.59 Å². The standard InChI is InChI=1S/C55H101NO5/c1-4-7-10-13-16-19-22-25-27-29-31-34-37-40-43-46-51(61-55(60)48-45-42-39-36-33-30-28-26-23-20-17-14-11-8-5-2)49-54(59)56-52(50-57)53(58)47-44-41-38-35-32-24-21-18-15-12-9-6-3/h8,11,14,17,20,23,26,28,51-53,57-58H,4-7,9-10,12-13,15-16,18-19,21-22,24-25,27,29-50H2,1-3H3,(H,56,59)/b11-8+,17-14+,23-20+,28-26-. The maximum atomic E-state index is 13.2. The molecule has 3 atom stereocenters. The number of carbonyl (C=O) groups is 2. The number of aliphatic hydroxyl groups is 2. The molecule has 0 spiro atoms. The molecular formula is C55H101NO5. The fraction of sp³-hybridized carbons (Fsp3) is 0.818. The van der Waals surface area contributed by atoms with Gasteiger partial charge in [0, 0.05) is 6.42 Å². The van der Waals surface area contributed by atoms with E-state index in [1.807, 2.05) is 18.2 Å². The van der Waals surface area contributed by atoms with E-state index < -0.39 is 18.2 Å². The molecule has 6 heteroatoms. The summed E-state index contributed by atoms with van der Waals surface area (Å²) in [7, 11) is 0. The van der Waals surface area contributed by atoms with Crippen LogP contribution in [0.15, 0.2) is 48.6 Å². The minimum absolute atomic E-state index is 0.0705. The maximum absolute atomic E-state index is 13.2. The molecule has 0 aliphatic heterocycles. The van der Waals surface area contributed by atoms with E-state index in [9.17, 15) is 19.8 Å². The molecule has 61 heavy (non-hydrogen) atoms. The summed E-state index contributed by atoms with van der Waals surface area (Å²) in [5.74, 6) is -0.491. The second kappa shape index (κ2) is 48.8. The molecule has 0 aromatic rings. The molecule has 0 rings (SSSR count). The molecule has 3 N–H and O–H groups in total. The van der Waals surface area contributed by atoms with E-state index in [0.717, 1.165) is 77.0 Å². The molecule has 0 saturated carbocycles. The van der Waals surface area contributed by atoms with Gasteiger partial charge in [-0.15, -0.1) is 0 Å². The van der Waals surface area contributed by atoms with Crippen LogP contribution in [0.1, 0.15) is 265 Å². The first-order chi connectivity index (χ1) is 30.0. The Morgan fingerprint density at radius 3 is 1.34 bits per heavy atom. The molecule has 0 saturated heterocycles. The lowest BCUT2D eigenvalue weighted by molar-refractivity contribution is -0.151. The van der Waals surface area contributed by atoms with Gasteiger partial charge < -0.3 is 20.3 Å². The molecule has 3 unspecified atom stereocenters. The molecule has 0 radical (unpaired) electrons. The van der Waals surface area contributed by atoms with E-state index in [1.54, 1.807) is 0 Å². The first kappa shape index (κ1) is 58.8. The summed E-state index contributed by atoms with van der Waals surface area (Å²) in [5, 5.41) is 23.8. The topological polar surface area (TPSA) is 95.9 Å². The fourth-order valence-corrected chi connectivity index (χ4v) is 8.03. The Morgan fingerprint density at radius 1 is 0.492 bits per heavy atom. The maximum Gasteiger partial charge on any atom is 0.306 e. The van der Waals surface area contributed by atoms with Crippen LogP contribution in [0.5, 0.6) is 0 Å². The predicted molar refractivity (Wildman–Crippen MR) is 264 cm³/mol. The number of hydrogen-bond donors (Lipinski definition) is 3. The third kappa shape index (κ3) is 44.2. The van der Waals surface area contributed by atoms with Crippen molar-refractivity contribution in [1.82, 2.24) is 5.32 Å². The van der Waals surface area contributed by atoms with Gasteiger partial charge in [0.05, 0.1) is 25.2 Å². The zero-order valence-corrected chi connectivity index (χ0v) is 40.5. The number of aliphatic hydroxyl groups excluding tert-OH is 2. The zero-order chi connectivity index (χ0) is 44.5. The van der Waals surface area contributed by atoms with Gasteiger partial charge >= 0.3 is 5.97 Å². The lowest BCUT2D eigenvalue weighted by Crippen LogP contribution is -2.46. The fourth-order valence-electron chi connectivity index (χ4n) is 8.03. The van der Waals surface area contributed by atoms with Crippen molar-refractivity contribution in [2.75, 3.05) is 6.61 Å². The van der Waals surface area contributed by atoms with E-state index in [0.29, 0.717) is 19.3 Å². The van der Waals surface area contributed by atoms with Gasteiger partial charge in [-0.25, -0.2) is 0 Å². The number of amides is 1. The normalized spacial score (nSPS) is 13.6. The summed E-state index contributed by atoms with van der Waals surface area (Å²) in [5.41, 5.74) is 0. The Morgan fingerprint density at radius 2 is 0.885 bits per heavy atom. The largest absolute Gasteiger partial charge is 0.462 e. The van der Waals surface area contributed by atoms with E-state index in [1.165, 1.54) is 141 Å². The van der Waals surface area contributed by atoms with Crippen molar-refractivity contribution in [2.24, 2.45) is 0 Å². The van der Waals surface area contributed by atoms with Crippen molar-refractivity contribution < 1.29 is 24.5 Å². The number of ether oxygens (including phenoxy) is 1. The van der Waals surface area contributed by atoms with Crippen LogP contribution in [0.4, 0.5) is 0 Å². The minimum Gasteiger partial charge on any atom is -0.462 e. The quantitative estimate of drug-likeness (QED) is 0.0322. The van der Waals surface area contributed by atoms with Gasteiger partial charge in [0.1, 0.15) is 6.10 Å². The van der Waals surface area contributed by atoms with Crippen LogP contribution in [-0.2, 0) is 14.3 Å². The third-order valence-corrected chi connectivity index (χ3v) is 12.0. The highest BCUT2D eigenvalue weighted by atomic mass is 16.5. The Labute approximate surface area is 378 Å². The number of hydrogen-bond acceptors (Lipinski definition) is 5. The molecule has 0 fully saturated rings. The van der Waals surface area contributed by atoms with Crippen LogP contribution in [-0.4, -0.2) is 46.9 Å². The van der Waals surface area contributed by atoms with Gasteiger partial charge in [-0.05, 0) is 44.9 Å². The third-order valence-electron chi connectivity index (χ3n) is 12.0. The smallest absolute Gasteiger partial charge is 0.306 e. The van der Waals surface area contributed by atoms with Gasteiger partial charge in [-0.1, -0.05) is 256 Å². The lowest BCUT2D eigenvalue weighted by Gasteiger charge is -2.24. The summed E-state index contributed by atoms with van der Waals surface area (Å²) >= 11 is 0. The number of esters is 1. The van der Waals surface area contributed by atoms with E-state index in [4.69, 9.17) is 4.74 Å². The minimum atomic E-state index is -0.790. The molecule has 6 nitrogen and oxygen atoms in total. The van der Waals surface area contributed by atoms with E-state index in [-0.39, 0.29) is 24.9 Å². The highest BCUT2D eigenvalue weighted by Crippen LogP contribution is 2.18. The van der Waals surface area contributed by atoms with Gasteiger partial charge in [0.25, 0.3) is 0 Å². The number of rotatable bonds is 47. The Hall–Kier alpha value is -2.18. The first-order valence-electron chi connectivity index (χ1n) is 26.4. The second-order valence-electron chi connectivity index (χ2n) is 18.0. The summed E-state index contributed by atoms with van der Waals surface area (Å²) in [6.07, 6.45) is 58.8. The second-order valence-corrected chi connectivity index (χ2v) is 18.0. The van der Waals surface area contributed by atoms with Gasteiger partial charge in [-0.2, -0.15) is 0 Å². The van der Waals surface area contributed by atoms with Crippen molar-refractivity contribution >= 4 is 11.9 Å². The van der Waals surface area contributed by atoms with Crippen LogP contribution >= 0.6 is 0 Å². The van der Waals surface area contributed by atoms with Gasteiger partial charge in [0.15, 0.2) is 0 Å². The summed E-state index contributed by atoms with van der Waals surface area (Å²) in [4.78, 5) is 26.2. The van der Waals surface area contributed by atoms with Crippen LogP contribution in [0.25, 0.3) is 0 Å². The Kier molecular flexibility index (Phi) is 47.1. The van der Waals surface area contributed by atoms with Crippen molar-refractivity contribution in [3.8, 4) is 0 Å². The summed E-state index contributed by atoms with van der Waals surface area (Å²) < 4.78 is 5.94. The van der Waals surface area contributed by atoms with E-state index >= 15 is 0 Å². The molecular weight excluding hydrogens is 755 g/mol. The van der Waals surface area contributed by atoms with Crippen LogP contribution in [0.3, 0.4) is 0 Å². The van der Waals surface area contributed by atoms with Crippen molar-refractivity contribution in [3.05, 3.63) is 48.6 Å². The molecule has 0 aromatic carbocycles. The van der Waals surface area contributed by atoms with Crippen LogP contribution < -0.4 is 5.32 Å². The predicted octanol–water partition coefficient (Wildman–Crippen LogP) is 15.8. The molecule has 0 aliphatic carbocycles. The monoisotopic (exact) mass is 856 g/mol. The number of unbranched alkanes of at least 4 members (excludes halogenated alkanes) is 30. The average Bonchev–Trinajstić information content (AvgIpc) is 3.25. The zero-order valence-electron chi connectivity index (χ0n) is 40.5. The first-order valence-corrected chi connectivity index (χ1v) is 26.4. The summed E-state index contributed by atoms with van der Waals surface area (Å²) in [6.45, 7) is 6.35. The Balaban J connectivity index is 4.60. The molecule has 0 bridgehead atoms. The SMILES string of the molecule is CC/C=C/C=C/C=C/C=C\CCCCCCCC(=O)OC(CCCCCCCCCCCCCCCCC)CC(=O)NC(CO)C(O)CCCCCCCCCCCCCC. The van der Waals surface area contributed by atoms with Crippen molar-refractivity contribution in [2.45, 2.75) is 283 Å². The number of carbonyl (C=O) groups excluding carboxylic acids is 2. The molecule has 356 valence electrons. The molecule has 0 heterocycles. The van der Waals surface area contributed by atoms with Crippen LogP contribution in [0, 0.1) is 0 Å². The Bertz CT molecular complexity index is 1050. The molecule has 0 aliphatic rings. The van der Waals surface area contributed by atoms with Gasteiger partial charge in [0.2, 0.25) is 5.91 Å². The highest BCUT2D eigenvalue weighted by Gasteiger charge is 2.24. The molecule has 1 amide bonds. The number of nitrogens with one attached hydrogen (secondary N) is 1. The molecule has 0 aromatic heterocycles. The van der Waals surface area contributed by atoms with Crippen molar-refractivity contribution in [3.63, 3.8) is 0 Å². The average molecular weight is 856 g/mol. The summed E-state index contributed by atoms with van der Waals surface area (Å²) in [6, 6.07) is -0.704. The van der Waals surface area contributed by atoms with E-state index in [2.05, 4.69) is 56.5 Å². The lowest BCUT2D eigenvalue weighted by atomic mass is 10.0. The van der Waals surface area contributed by atoms with Crippen molar-refractivity contribution in [1.29, 1.82) is 0 Å². The highest BCUT2D eigenvalue weighted by molar-refractivity contribution is 5.77. The van der Waals surface area contributed by atoms with Crippen LogP contribution in [0.2, 0.25) is 0 Å². The number of allylic oxidation sites excluding steroid dienone is 8.